The quantitative estimate of drug-likeness (QED) is 0.823. The monoisotopic (exact) mass is 245 g/mol. The highest BCUT2D eigenvalue weighted by Crippen LogP contribution is 2.27. The van der Waals surface area contributed by atoms with Gasteiger partial charge >= 0.3 is 0 Å². The van der Waals surface area contributed by atoms with E-state index >= 15 is 0 Å². The van der Waals surface area contributed by atoms with Gasteiger partial charge in [0.05, 0.1) is 6.10 Å². The van der Waals surface area contributed by atoms with Gasteiger partial charge < -0.3 is 10.1 Å². The highest BCUT2D eigenvalue weighted by molar-refractivity contribution is 5.45. The van der Waals surface area contributed by atoms with Crippen molar-refractivity contribution < 1.29 is 17.9 Å². The van der Waals surface area contributed by atoms with Crippen LogP contribution in [0.25, 0.3) is 0 Å². The van der Waals surface area contributed by atoms with Gasteiger partial charge in [-0.05, 0) is 19.8 Å². The van der Waals surface area contributed by atoms with E-state index in [1.54, 1.807) is 0 Å². The Balaban J connectivity index is 1.92. The van der Waals surface area contributed by atoms with Gasteiger partial charge in [0.2, 0.25) is 0 Å². The van der Waals surface area contributed by atoms with Crippen molar-refractivity contribution in [3.05, 3.63) is 29.6 Å². The minimum atomic E-state index is -1.43. The summed E-state index contributed by atoms with van der Waals surface area (Å²) in [7, 11) is 0. The van der Waals surface area contributed by atoms with Crippen LogP contribution in [0.5, 0.6) is 0 Å². The molecule has 1 aromatic carbocycles. The molecule has 1 aliphatic carbocycles. The van der Waals surface area contributed by atoms with Crippen LogP contribution in [-0.2, 0) is 4.74 Å². The second-order valence-electron chi connectivity index (χ2n) is 4.14. The van der Waals surface area contributed by atoms with E-state index in [2.05, 4.69) is 5.32 Å². The maximum absolute atomic E-state index is 12.9. The molecule has 0 aliphatic heterocycles. The van der Waals surface area contributed by atoms with Gasteiger partial charge in [-0.2, -0.15) is 0 Å². The van der Waals surface area contributed by atoms with Crippen LogP contribution in [0.1, 0.15) is 19.8 Å². The van der Waals surface area contributed by atoms with E-state index in [-0.39, 0.29) is 17.8 Å². The van der Waals surface area contributed by atoms with Crippen LogP contribution < -0.4 is 5.32 Å². The molecule has 1 saturated carbocycles. The van der Waals surface area contributed by atoms with Crippen molar-refractivity contribution in [1.29, 1.82) is 0 Å². The van der Waals surface area contributed by atoms with Gasteiger partial charge in [0.1, 0.15) is 0 Å². The number of ether oxygens (including phenoxy) is 1. The van der Waals surface area contributed by atoms with Crippen molar-refractivity contribution in [2.75, 3.05) is 11.9 Å². The maximum atomic E-state index is 12.9. The molecule has 0 atom stereocenters. The van der Waals surface area contributed by atoms with Crippen LogP contribution in [0, 0.1) is 17.5 Å². The molecular formula is C12H14F3NO. The number of hydrogen-bond donors (Lipinski definition) is 1. The summed E-state index contributed by atoms with van der Waals surface area (Å²) in [5.41, 5.74) is 0.265. The molecule has 2 nitrogen and oxygen atoms in total. The standard InChI is InChI=1S/C12H14F3NO/c1-2-17-9-3-7(4-9)16-8-5-10(13)12(15)11(14)6-8/h5-7,9,16H,2-4H2,1H3. The molecule has 1 fully saturated rings. The molecule has 0 aromatic heterocycles. The van der Waals surface area contributed by atoms with Gasteiger partial charge in [0.25, 0.3) is 0 Å². The molecule has 2 rings (SSSR count). The predicted molar refractivity (Wildman–Crippen MR) is 58.4 cm³/mol. The molecule has 1 aromatic rings. The van der Waals surface area contributed by atoms with Crippen molar-refractivity contribution in [2.24, 2.45) is 0 Å². The summed E-state index contributed by atoms with van der Waals surface area (Å²) in [5.74, 6) is -3.78. The summed E-state index contributed by atoms with van der Waals surface area (Å²) in [5, 5.41) is 2.95. The highest BCUT2D eigenvalue weighted by atomic mass is 19.2. The summed E-state index contributed by atoms with van der Waals surface area (Å²) < 4.78 is 43.9. The van der Waals surface area contributed by atoms with E-state index in [0.717, 1.165) is 25.0 Å². The highest BCUT2D eigenvalue weighted by Gasteiger charge is 2.29. The lowest BCUT2D eigenvalue weighted by molar-refractivity contribution is 0.00298. The summed E-state index contributed by atoms with van der Waals surface area (Å²) in [6, 6.07) is 2.06. The second-order valence-corrected chi connectivity index (χ2v) is 4.14. The lowest BCUT2D eigenvalue weighted by atomic mass is 9.89. The van der Waals surface area contributed by atoms with Crippen LogP contribution >= 0.6 is 0 Å². The van der Waals surface area contributed by atoms with E-state index in [1.807, 2.05) is 6.92 Å². The van der Waals surface area contributed by atoms with Crippen molar-refractivity contribution in [1.82, 2.24) is 0 Å². The minimum Gasteiger partial charge on any atom is -0.382 e. The van der Waals surface area contributed by atoms with E-state index in [0.29, 0.717) is 6.61 Å². The maximum Gasteiger partial charge on any atom is 0.194 e. The zero-order valence-electron chi connectivity index (χ0n) is 9.47. The average molecular weight is 245 g/mol. The number of benzene rings is 1. The fourth-order valence-corrected chi connectivity index (χ4v) is 1.93. The molecule has 0 spiro atoms. The number of rotatable bonds is 4. The van der Waals surface area contributed by atoms with Crippen molar-refractivity contribution in [2.45, 2.75) is 31.9 Å². The molecule has 0 saturated heterocycles. The molecule has 0 amide bonds. The second kappa shape index (κ2) is 4.96. The topological polar surface area (TPSA) is 21.3 Å². The normalized spacial score (nSPS) is 23.3. The number of hydrogen-bond acceptors (Lipinski definition) is 2. The van der Waals surface area contributed by atoms with E-state index < -0.39 is 17.5 Å². The summed E-state index contributed by atoms with van der Waals surface area (Å²) in [4.78, 5) is 0. The van der Waals surface area contributed by atoms with E-state index in [1.165, 1.54) is 0 Å². The largest absolute Gasteiger partial charge is 0.382 e. The molecule has 5 heteroatoms. The van der Waals surface area contributed by atoms with Crippen LogP contribution in [0.2, 0.25) is 0 Å². The summed E-state index contributed by atoms with van der Waals surface area (Å²) in [6.45, 7) is 2.59. The number of nitrogens with one attached hydrogen (secondary N) is 1. The third kappa shape index (κ3) is 2.72. The van der Waals surface area contributed by atoms with E-state index in [9.17, 15) is 13.2 Å². The molecule has 0 unspecified atom stereocenters. The first-order valence-electron chi connectivity index (χ1n) is 5.62. The Morgan fingerprint density at radius 1 is 1.24 bits per heavy atom. The molecule has 94 valence electrons. The van der Waals surface area contributed by atoms with Gasteiger partial charge in [-0.25, -0.2) is 13.2 Å². The summed E-state index contributed by atoms with van der Waals surface area (Å²) >= 11 is 0. The Bertz CT molecular complexity index is 382. The van der Waals surface area contributed by atoms with Gasteiger partial charge in [-0.3, -0.25) is 0 Å². The Hall–Kier alpha value is -1.23. The zero-order valence-corrected chi connectivity index (χ0v) is 9.47. The molecule has 0 bridgehead atoms. The SMILES string of the molecule is CCOC1CC(Nc2cc(F)c(F)c(F)c2)C1. The van der Waals surface area contributed by atoms with Crippen LogP contribution in [0.15, 0.2) is 12.1 Å². The first-order chi connectivity index (χ1) is 8.10. The molecule has 0 radical (unpaired) electrons. The fourth-order valence-electron chi connectivity index (χ4n) is 1.93. The van der Waals surface area contributed by atoms with Crippen LogP contribution in [-0.4, -0.2) is 18.8 Å². The molecule has 17 heavy (non-hydrogen) atoms. The Kier molecular flexibility index (Phi) is 3.57. The third-order valence-electron chi connectivity index (χ3n) is 2.85. The Morgan fingerprint density at radius 3 is 2.35 bits per heavy atom. The van der Waals surface area contributed by atoms with Gasteiger partial charge in [-0.15, -0.1) is 0 Å². The summed E-state index contributed by atoms with van der Waals surface area (Å²) in [6.07, 6.45) is 1.82. The van der Waals surface area contributed by atoms with E-state index in [4.69, 9.17) is 4.74 Å². The Morgan fingerprint density at radius 2 is 1.82 bits per heavy atom. The fraction of sp³-hybridized carbons (Fsp3) is 0.500. The van der Waals surface area contributed by atoms with Gasteiger partial charge in [-0.1, -0.05) is 0 Å². The number of halogens is 3. The average Bonchev–Trinajstić information content (AvgIpc) is 2.23. The molecular weight excluding hydrogens is 231 g/mol. The molecule has 0 heterocycles. The van der Waals surface area contributed by atoms with Crippen LogP contribution in [0.3, 0.4) is 0 Å². The first kappa shape index (κ1) is 12.2. The lowest BCUT2D eigenvalue weighted by Gasteiger charge is -2.36. The van der Waals surface area contributed by atoms with Crippen molar-refractivity contribution in [3.63, 3.8) is 0 Å². The van der Waals surface area contributed by atoms with Crippen molar-refractivity contribution in [3.8, 4) is 0 Å². The van der Waals surface area contributed by atoms with Gasteiger partial charge in [0, 0.05) is 30.5 Å². The zero-order chi connectivity index (χ0) is 12.4. The molecule has 1 aliphatic rings. The molecule has 1 N–H and O–H groups in total. The van der Waals surface area contributed by atoms with Crippen molar-refractivity contribution >= 4 is 5.69 Å². The third-order valence-corrected chi connectivity index (χ3v) is 2.85. The number of anilines is 1. The minimum absolute atomic E-state index is 0.135. The lowest BCUT2D eigenvalue weighted by Crippen LogP contribution is -2.40. The van der Waals surface area contributed by atoms with Gasteiger partial charge in [0.15, 0.2) is 17.5 Å². The smallest absolute Gasteiger partial charge is 0.194 e. The first-order valence-corrected chi connectivity index (χ1v) is 5.62. The predicted octanol–water partition coefficient (Wildman–Crippen LogP) is 3.08. The Labute approximate surface area is 97.8 Å². The van der Waals surface area contributed by atoms with Crippen LogP contribution in [0.4, 0.5) is 18.9 Å².